The molecule has 0 aliphatic carbocycles. The molecule has 0 saturated heterocycles. The van der Waals surface area contributed by atoms with E-state index in [0.29, 0.717) is 0 Å². The van der Waals surface area contributed by atoms with Gasteiger partial charge in [0.25, 0.3) is 0 Å². The van der Waals surface area contributed by atoms with Gasteiger partial charge in [-0.15, -0.1) is 11.3 Å². The van der Waals surface area contributed by atoms with Crippen LogP contribution in [0.3, 0.4) is 0 Å². The van der Waals surface area contributed by atoms with Crippen molar-refractivity contribution < 1.29 is 0 Å². The van der Waals surface area contributed by atoms with E-state index in [-0.39, 0.29) is 6.04 Å². The minimum Gasteiger partial charge on any atom is -0.323 e. The van der Waals surface area contributed by atoms with Gasteiger partial charge in [0.05, 0.1) is 11.2 Å². The van der Waals surface area contributed by atoms with Gasteiger partial charge in [0.15, 0.2) is 0 Å². The molecule has 0 fully saturated rings. The molecule has 1 atom stereocenters. The lowest BCUT2D eigenvalue weighted by Gasteiger charge is -2.10. The SMILES string of the molecule is CCCCCCCCCCCCC(N)c1scnc1C. The minimum absolute atomic E-state index is 0.205. The van der Waals surface area contributed by atoms with Gasteiger partial charge >= 0.3 is 0 Å². The molecule has 20 heavy (non-hydrogen) atoms. The number of rotatable bonds is 12. The second-order valence-corrected chi connectivity index (χ2v) is 6.77. The molecule has 0 aromatic carbocycles. The lowest BCUT2D eigenvalue weighted by atomic mass is 10.0. The number of thiazole rings is 1. The van der Waals surface area contributed by atoms with Gasteiger partial charge in [-0.25, -0.2) is 4.98 Å². The van der Waals surface area contributed by atoms with E-state index in [1.54, 1.807) is 11.3 Å². The largest absolute Gasteiger partial charge is 0.323 e. The Bertz CT molecular complexity index is 335. The van der Waals surface area contributed by atoms with E-state index >= 15 is 0 Å². The standard InChI is InChI=1S/C17H32N2S/c1-3-4-5-6-7-8-9-10-11-12-13-16(18)17-15(2)19-14-20-17/h14,16H,3-13,18H2,1-2H3. The molecule has 116 valence electrons. The van der Waals surface area contributed by atoms with Crippen LogP contribution in [-0.4, -0.2) is 4.98 Å². The van der Waals surface area contributed by atoms with Crippen LogP contribution < -0.4 is 5.73 Å². The Labute approximate surface area is 129 Å². The smallest absolute Gasteiger partial charge is 0.0798 e. The molecule has 2 nitrogen and oxygen atoms in total. The van der Waals surface area contributed by atoms with E-state index in [1.807, 2.05) is 5.51 Å². The third-order valence-corrected chi connectivity index (χ3v) is 5.05. The molecule has 1 aromatic heterocycles. The maximum absolute atomic E-state index is 6.22. The minimum atomic E-state index is 0.205. The van der Waals surface area contributed by atoms with Crippen LogP contribution in [0.1, 0.15) is 94.2 Å². The van der Waals surface area contributed by atoms with E-state index < -0.39 is 0 Å². The van der Waals surface area contributed by atoms with Crippen LogP contribution in [0.4, 0.5) is 0 Å². The lowest BCUT2D eigenvalue weighted by molar-refractivity contribution is 0.530. The third kappa shape index (κ3) is 7.39. The average Bonchev–Trinajstić information content (AvgIpc) is 2.87. The number of hydrogen-bond donors (Lipinski definition) is 1. The molecule has 1 heterocycles. The second kappa shape index (κ2) is 11.3. The topological polar surface area (TPSA) is 38.9 Å². The second-order valence-electron chi connectivity index (χ2n) is 5.88. The summed E-state index contributed by atoms with van der Waals surface area (Å²) < 4.78 is 0. The summed E-state index contributed by atoms with van der Waals surface area (Å²) in [4.78, 5) is 5.55. The van der Waals surface area contributed by atoms with Crippen LogP contribution >= 0.6 is 11.3 Å². The molecule has 0 spiro atoms. The fraction of sp³-hybridized carbons (Fsp3) is 0.824. The fourth-order valence-electron chi connectivity index (χ4n) is 2.65. The van der Waals surface area contributed by atoms with Crippen LogP contribution in [0.15, 0.2) is 5.51 Å². The van der Waals surface area contributed by atoms with E-state index in [1.165, 1.54) is 69.1 Å². The Morgan fingerprint density at radius 3 is 2.05 bits per heavy atom. The first-order valence-corrected chi connectivity index (χ1v) is 9.29. The molecule has 1 unspecified atom stereocenters. The molecule has 0 saturated carbocycles. The molecule has 0 amide bonds. The van der Waals surface area contributed by atoms with Gasteiger partial charge in [-0.2, -0.15) is 0 Å². The third-order valence-electron chi connectivity index (χ3n) is 3.99. The summed E-state index contributed by atoms with van der Waals surface area (Å²) in [6, 6.07) is 0.205. The van der Waals surface area contributed by atoms with Gasteiger partial charge in [0, 0.05) is 10.9 Å². The molecule has 0 aliphatic rings. The monoisotopic (exact) mass is 296 g/mol. The van der Waals surface area contributed by atoms with Gasteiger partial charge in [-0.3, -0.25) is 0 Å². The quantitative estimate of drug-likeness (QED) is 0.498. The van der Waals surface area contributed by atoms with Crippen molar-refractivity contribution in [2.45, 2.75) is 90.5 Å². The summed E-state index contributed by atoms with van der Waals surface area (Å²) in [6.07, 6.45) is 15.0. The number of aromatic nitrogens is 1. The first kappa shape index (κ1) is 17.6. The van der Waals surface area contributed by atoms with Crippen LogP contribution in [0.2, 0.25) is 0 Å². The van der Waals surface area contributed by atoms with Crippen molar-refractivity contribution in [3.63, 3.8) is 0 Å². The van der Waals surface area contributed by atoms with Gasteiger partial charge in [-0.1, -0.05) is 71.1 Å². The Kier molecular flexibility index (Phi) is 9.94. The first-order chi connectivity index (χ1) is 9.75. The highest BCUT2D eigenvalue weighted by molar-refractivity contribution is 7.09. The van der Waals surface area contributed by atoms with E-state index in [0.717, 1.165) is 12.1 Å². The number of unbranched alkanes of at least 4 members (excludes halogenated alkanes) is 9. The van der Waals surface area contributed by atoms with E-state index in [9.17, 15) is 0 Å². The first-order valence-electron chi connectivity index (χ1n) is 8.41. The van der Waals surface area contributed by atoms with Crippen molar-refractivity contribution in [3.8, 4) is 0 Å². The van der Waals surface area contributed by atoms with Crippen molar-refractivity contribution in [2.75, 3.05) is 0 Å². The molecule has 1 rings (SSSR count). The Morgan fingerprint density at radius 1 is 1.00 bits per heavy atom. The van der Waals surface area contributed by atoms with Gasteiger partial charge < -0.3 is 5.73 Å². The molecule has 0 bridgehead atoms. The Balaban J connectivity index is 1.91. The summed E-state index contributed by atoms with van der Waals surface area (Å²) in [5.41, 5.74) is 9.25. The van der Waals surface area contributed by atoms with E-state index in [4.69, 9.17) is 5.73 Å². The van der Waals surface area contributed by atoms with Gasteiger partial charge in [0.2, 0.25) is 0 Å². The number of nitrogens with zero attached hydrogens (tertiary/aromatic N) is 1. The number of aryl methyl sites for hydroxylation is 1. The van der Waals surface area contributed by atoms with Gasteiger partial charge in [-0.05, 0) is 13.3 Å². The van der Waals surface area contributed by atoms with Crippen LogP contribution in [0.5, 0.6) is 0 Å². The summed E-state index contributed by atoms with van der Waals surface area (Å²) in [6.45, 7) is 4.34. The fourth-order valence-corrected chi connectivity index (χ4v) is 3.49. The average molecular weight is 297 g/mol. The predicted molar refractivity (Wildman–Crippen MR) is 90.2 cm³/mol. The van der Waals surface area contributed by atoms with Crippen LogP contribution in [-0.2, 0) is 0 Å². The van der Waals surface area contributed by atoms with Crippen molar-refractivity contribution >= 4 is 11.3 Å². The highest BCUT2D eigenvalue weighted by atomic mass is 32.1. The molecule has 0 aliphatic heterocycles. The van der Waals surface area contributed by atoms with Gasteiger partial charge in [0.1, 0.15) is 0 Å². The molecule has 0 radical (unpaired) electrons. The maximum atomic E-state index is 6.22. The summed E-state index contributed by atoms with van der Waals surface area (Å²) in [5.74, 6) is 0. The molecule has 3 heteroatoms. The van der Waals surface area contributed by atoms with Crippen LogP contribution in [0, 0.1) is 6.92 Å². The highest BCUT2D eigenvalue weighted by Gasteiger charge is 2.10. The summed E-state index contributed by atoms with van der Waals surface area (Å²) in [7, 11) is 0. The number of nitrogens with two attached hydrogens (primary N) is 1. The summed E-state index contributed by atoms with van der Waals surface area (Å²) in [5, 5.41) is 0. The van der Waals surface area contributed by atoms with Crippen molar-refractivity contribution in [2.24, 2.45) is 5.73 Å². The molecular formula is C17H32N2S. The predicted octanol–water partition coefficient (Wildman–Crippen LogP) is 5.76. The van der Waals surface area contributed by atoms with Crippen LogP contribution in [0.25, 0.3) is 0 Å². The number of hydrogen-bond acceptors (Lipinski definition) is 3. The van der Waals surface area contributed by atoms with Crippen molar-refractivity contribution in [3.05, 3.63) is 16.1 Å². The summed E-state index contributed by atoms with van der Waals surface area (Å²) >= 11 is 1.70. The van der Waals surface area contributed by atoms with E-state index in [2.05, 4.69) is 18.8 Å². The zero-order valence-electron chi connectivity index (χ0n) is 13.4. The lowest BCUT2D eigenvalue weighted by Crippen LogP contribution is -2.09. The zero-order chi connectivity index (χ0) is 14.6. The normalized spacial score (nSPS) is 12.8. The molecular weight excluding hydrogens is 264 g/mol. The molecule has 2 N–H and O–H groups in total. The highest BCUT2D eigenvalue weighted by Crippen LogP contribution is 2.24. The Hall–Kier alpha value is -0.410. The Morgan fingerprint density at radius 2 is 1.55 bits per heavy atom. The maximum Gasteiger partial charge on any atom is 0.0798 e. The van der Waals surface area contributed by atoms with Crippen molar-refractivity contribution in [1.29, 1.82) is 0 Å². The van der Waals surface area contributed by atoms with Crippen molar-refractivity contribution in [1.82, 2.24) is 4.98 Å². The zero-order valence-corrected chi connectivity index (χ0v) is 14.2. The molecule has 1 aromatic rings.